The van der Waals surface area contributed by atoms with Crippen LogP contribution in [0.4, 0.5) is 17.1 Å². The molecule has 1 aliphatic rings. The van der Waals surface area contributed by atoms with Gasteiger partial charge in [-0.25, -0.2) is 0 Å². The quantitative estimate of drug-likeness (QED) is 0.0901. The molecule has 300 valence electrons. The average molecular weight is 791 g/mol. The smallest absolute Gasteiger partial charge is 0.0494 e. The van der Waals surface area contributed by atoms with Crippen molar-refractivity contribution in [2.75, 3.05) is 9.80 Å². The van der Waals surface area contributed by atoms with Crippen molar-refractivity contribution in [2.24, 2.45) is 0 Å². The highest BCUT2D eigenvalue weighted by molar-refractivity contribution is 5.95. The van der Waals surface area contributed by atoms with Crippen molar-refractivity contribution in [2.45, 2.75) is 32.7 Å². The second-order valence-electron chi connectivity index (χ2n) is 15.1. The molecule has 0 saturated carbocycles. The normalized spacial score (nSPS) is 13.8. The molecule has 2 heteroatoms. The summed E-state index contributed by atoms with van der Waals surface area (Å²) in [6.07, 6.45) is 27.0. The van der Waals surface area contributed by atoms with Crippen LogP contribution in [-0.4, -0.2) is 6.04 Å². The first-order chi connectivity index (χ1) is 29.9. The van der Waals surface area contributed by atoms with Gasteiger partial charge < -0.3 is 9.80 Å². The van der Waals surface area contributed by atoms with Crippen LogP contribution in [0.5, 0.6) is 0 Å². The van der Waals surface area contributed by atoms with Gasteiger partial charge in [0.05, 0.1) is 0 Å². The highest BCUT2D eigenvalue weighted by Gasteiger charge is 2.21. The van der Waals surface area contributed by atoms with Crippen LogP contribution >= 0.6 is 0 Å². The second kappa shape index (κ2) is 20.5. The van der Waals surface area contributed by atoms with E-state index in [9.17, 15) is 0 Å². The van der Waals surface area contributed by atoms with E-state index < -0.39 is 0 Å². The van der Waals surface area contributed by atoms with Crippen LogP contribution in [0.2, 0.25) is 0 Å². The molecule has 0 amide bonds. The molecule has 0 aromatic heterocycles. The van der Waals surface area contributed by atoms with Gasteiger partial charge in [0.15, 0.2) is 0 Å². The lowest BCUT2D eigenvalue weighted by Gasteiger charge is -2.34. The van der Waals surface area contributed by atoms with Crippen LogP contribution in [0.15, 0.2) is 272 Å². The maximum Gasteiger partial charge on any atom is 0.0494 e. The summed E-state index contributed by atoms with van der Waals surface area (Å²) in [5, 5.41) is 2.49. The lowest BCUT2D eigenvalue weighted by molar-refractivity contribution is 0.762. The Kier molecular flexibility index (Phi) is 14.0. The average Bonchev–Trinajstić information content (AvgIpc) is 3.32. The van der Waals surface area contributed by atoms with Crippen molar-refractivity contribution in [3.63, 3.8) is 0 Å². The van der Waals surface area contributed by atoms with E-state index >= 15 is 0 Å². The molecule has 0 bridgehead atoms. The summed E-state index contributed by atoms with van der Waals surface area (Å²) in [4.78, 5) is 4.71. The van der Waals surface area contributed by atoms with E-state index in [2.05, 4.69) is 237 Å². The zero-order chi connectivity index (χ0) is 42.4. The van der Waals surface area contributed by atoms with Crippen molar-refractivity contribution >= 4 is 27.8 Å². The van der Waals surface area contributed by atoms with Gasteiger partial charge in [-0.1, -0.05) is 202 Å². The molecule has 6 aromatic carbocycles. The molecule has 2 nitrogen and oxygen atoms in total. The minimum atomic E-state index is 0.159. The Bertz CT molecular complexity index is 2590. The molecule has 6 aromatic rings. The van der Waals surface area contributed by atoms with E-state index in [0.29, 0.717) is 0 Å². The molecule has 0 aliphatic heterocycles. The number of hydrogen-bond acceptors (Lipinski definition) is 2. The van der Waals surface area contributed by atoms with E-state index in [0.717, 1.165) is 40.9 Å². The predicted molar refractivity (Wildman–Crippen MR) is 266 cm³/mol. The van der Waals surface area contributed by atoms with Gasteiger partial charge in [0.25, 0.3) is 0 Å². The summed E-state index contributed by atoms with van der Waals surface area (Å²) in [6.45, 7) is 17.4. The summed E-state index contributed by atoms with van der Waals surface area (Å²) >= 11 is 0. The van der Waals surface area contributed by atoms with Crippen LogP contribution < -0.4 is 9.80 Å². The summed E-state index contributed by atoms with van der Waals surface area (Å²) in [6, 6.07) is 53.8. The Morgan fingerprint density at radius 3 is 1.77 bits per heavy atom. The van der Waals surface area contributed by atoms with Crippen LogP contribution in [0.1, 0.15) is 26.7 Å². The molecule has 0 radical (unpaired) electrons. The molecule has 0 N–H and O–H groups in total. The molecule has 1 atom stereocenters. The minimum Gasteiger partial charge on any atom is -0.338 e. The van der Waals surface area contributed by atoms with E-state index in [1.165, 1.54) is 50.0 Å². The molecule has 0 spiro atoms. The third-order valence-electron chi connectivity index (χ3n) is 11.0. The number of benzene rings is 6. The van der Waals surface area contributed by atoms with Crippen molar-refractivity contribution in [1.29, 1.82) is 0 Å². The molecule has 1 aliphatic carbocycles. The van der Waals surface area contributed by atoms with Crippen LogP contribution in [0.25, 0.3) is 33.0 Å². The van der Waals surface area contributed by atoms with Gasteiger partial charge in [-0.3, -0.25) is 0 Å². The molecule has 0 fully saturated rings. The van der Waals surface area contributed by atoms with Crippen molar-refractivity contribution in [3.8, 4) is 22.3 Å². The topological polar surface area (TPSA) is 6.48 Å². The van der Waals surface area contributed by atoms with Crippen LogP contribution in [0.3, 0.4) is 0 Å². The molecule has 0 heterocycles. The van der Waals surface area contributed by atoms with Crippen molar-refractivity contribution < 1.29 is 0 Å². The second-order valence-corrected chi connectivity index (χ2v) is 15.1. The van der Waals surface area contributed by atoms with Gasteiger partial charge in [0.1, 0.15) is 0 Å². The first-order valence-corrected chi connectivity index (χ1v) is 21.1. The number of allylic oxidation sites excluding steroid dienone is 15. The summed E-state index contributed by atoms with van der Waals surface area (Å²) < 4.78 is 0. The lowest BCUT2D eigenvalue weighted by Crippen LogP contribution is -2.31. The third-order valence-corrected chi connectivity index (χ3v) is 11.0. The van der Waals surface area contributed by atoms with E-state index in [4.69, 9.17) is 0 Å². The first-order valence-electron chi connectivity index (χ1n) is 21.1. The maximum absolute atomic E-state index is 4.56. The van der Waals surface area contributed by atoms with Gasteiger partial charge >= 0.3 is 0 Å². The maximum atomic E-state index is 4.56. The van der Waals surface area contributed by atoms with Crippen LogP contribution in [0, 0.1) is 0 Å². The number of fused-ring (bicyclic) bond motifs is 1. The number of hydrogen-bond donors (Lipinski definition) is 0. The molecule has 0 saturated heterocycles. The zero-order valence-corrected chi connectivity index (χ0v) is 35.4. The Hall–Kier alpha value is -7.42. The molecular weight excluding hydrogens is 737 g/mol. The summed E-state index contributed by atoms with van der Waals surface area (Å²) in [7, 11) is 0. The number of nitrogens with zero attached hydrogens (tertiary/aromatic N) is 2. The Morgan fingerprint density at radius 1 is 0.590 bits per heavy atom. The third kappa shape index (κ3) is 10.4. The standard InChI is InChI=1S/C59H54N2/c1-6-8-12-20-47(5)61(59-29-19-27-53-26-17-18-28-58(53)59)57-42-32-48(33-43-57)45(3)30-31-46(4)54(21-9-7-2)44-60(55-38-34-51(35-39-55)49-22-13-10-14-23-49)56-40-36-52(37-41-56)50-24-15-11-16-25-50/h6-32,34-42,44,47H,2-4,33,43H2,1,5H3/b8-6-,20-12-,21-9-,31-30-,54-44-. The largest absolute Gasteiger partial charge is 0.338 e. The van der Waals surface area contributed by atoms with Gasteiger partial charge in [-0.05, 0) is 113 Å². The summed E-state index contributed by atoms with van der Waals surface area (Å²) in [5.74, 6) is 0. The predicted octanol–water partition coefficient (Wildman–Crippen LogP) is 16.2. The van der Waals surface area contributed by atoms with E-state index in [-0.39, 0.29) is 6.04 Å². The monoisotopic (exact) mass is 790 g/mol. The van der Waals surface area contributed by atoms with Gasteiger partial charge in [-0.15, -0.1) is 0 Å². The number of anilines is 3. The first kappa shape index (κ1) is 41.7. The molecule has 7 rings (SSSR count). The van der Waals surface area contributed by atoms with Gasteiger partial charge in [-0.2, -0.15) is 0 Å². The number of rotatable bonds is 16. The van der Waals surface area contributed by atoms with E-state index in [1.807, 2.05) is 25.1 Å². The van der Waals surface area contributed by atoms with Gasteiger partial charge in [0, 0.05) is 40.4 Å². The van der Waals surface area contributed by atoms with E-state index in [1.54, 1.807) is 6.08 Å². The molecular formula is C59H54N2. The Morgan fingerprint density at radius 2 is 1.18 bits per heavy atom. The Labute approximate surface area is 363 Å². The highest BCUT2D eigenvalue weighted by atomic mass is 15.2. The minimum absolute atomic E-state index is 0.159. The fourth-order valence-corrected chi connectivity index (χ4v) is 7.71. The fraction of sp³-hybridized carbons (Fsp3) is 0.0847. The summed E-state index contributed by atoms with van der Waals surface area (Å²) in [5.41, 5.74) is 13.3. The lowest BCUT2D eigenvalue weighted by atomic mass is 9.94. The van der Waals surface area contributed by atoms with Crippen LogP contribution in [-0.2, 0) is 0 Å². The van der Waals surface area contributed by atoms with Crippen molar-refractivity contribution in [3.05, 3.63) is 272 Å². The van der Waals surface area contributed by atoms with Crippen molar-refractivity contribution in [1.82, 2.24) is 0 Å². The SMILES string of the molecule is C=C/C=C\C(=C\N(c1ccc(-c2ccccc2)cc1)c1ccc(-c2ccccc2)cc1)C(=C)/C=C\C(=C)C1=CC=C(N(c2cccc3ccccc23)C(C)/C=C\C=C/C)CC1. The Balaban J connectivity index is 1.17. The fourth-order valence-electron chi connectivity index (χ4n) is 7.71. The van der Waals surface area contributed by atoms with Gasteiger partial charge in [0.2, 0.25) is 0 Å². The molecule has 1 unspecified atom stereocenters. The zero-order valence-electron chi connectivity index (χ0n) is 35.4. The highest BCUT2D eigenvalue weighted by Crippen LogP contribution is 2.36. The molecule has 61 heavy (non-hydrogen) atoms.